The van der Waals surface area contributed by atoms with E-state index in [4.69, 9.17) is 9.47 Å². The van der Waals surface area contributed by atoms with E-state index >= 15 is 0 Å². The van der Waals surface area contributed by atoms with Crippen molar-refractivity contribution in [2.45, 2.75) is 72.8 Å². The minimum atomic E-state index is -0.546. The molecule has 2 aromatic rings. The minimum Gasteiger partial charge on any atom is -0.485 e. The molecule has 0 unspecified atom stereocenters. The molecule has 1 aromatic heterocycles. The molecular weight excluding hydrogens is 436 g/mol. The summed E-state index contributed by atoms with van der Waals surface area (Å²) in [4.78, 5) is 35.3. The number of carbonyl (C=O) groups excluding carboxylic acids is 1. The summed E-state index contributed by atoms with van der Waals surface area (Å²) < 4.78 is 12.4. The van der Waals surface area contributed by atoms with Gasteiger partial charge in [0.15, 0.2) is 5.75 Å². The summed E-state index contributed by atoms with van der Waals surface area (Å²) in [6.07, 6.45) is 9.56. The highest BCUT2D eigenvalue weighted by Gasteiger charge is 2.21. The highest BCUT2D eigenvalue weighted by Crippen LogP contribution is 2.35. The summed E-state index contributed by atoms with van der Waals surface area (Å²) in [6, 6.07) is 4.26. The maximum absolute atomic E-state index is 13.2. The van der Waals surface area contributed by atoms with Gasteiger partial charge in [-0.2, -0.15) is 0 Å². The third-order valence-corrected chi connectivity index (χ3v) is 5.53. The van der Waals surface area contributed by atoms with Crippen LogP contribution in [0.25, 0.3) is 10.9 Å². The van der Waals surface area contributed by atoms with Crippen LogP contribution in [0.15, 0.2) is 46.3 Å². The van der Waals surface area contributed by atoms with Crippen molar-refractivity contribution >= 4 is 23.1 Å². The van der Waals surface area contributed by atoms with Crippen LogP contribution < -0.4 is 15.0 Å². The average molecular weight is 471 g/mol. The van der Waals surface area contributed by atoms with E-state index in [0.29, 0.717) is 17.4 Å². The lowest BCUT2D eigenvalue weighted by molar-refractivity contribution is -0.384. The number of unbranched alkanes of at least 4 members (excludes halogenated alkanes) is 3. The van der Waals surface area contributed by atoms with Crippen molar-refractivity contribution in [2.24, 2.45) is 0 Å². The Balaban J connectivity index is 2.49. The van der Waals surface area contributed by atoms with Gasteiger partial charge in [-0.05, 0) is 52.2 Å². The number of rotatable bonds is 14. The number of ether oxygens (including phenoxy) is 2. The van der Waals surface area contributed by atoms with Crippen molar-refractivity contribution in [1.82, 2.24) is 4.57 Å². The Morgan fingerprint density at radius 1 is 1.12 bits per heavy atom. The molecule has 0 saturated heterocycles. The van der Waals surface area contributed by atoms with Crippen molar-refractivity contribution < 1.29 is 19.2 Å². The summed E-state index contributed by atoms with van der Waals surface area (Å²) >= 11 is 0. The molecule has 0 amide bonds. The molecule has 34 heavy (non-hydrogen) atoms. The maximum Gasteiger partial charge on any atom is 0.298 e. The largest absolute Gasteiger partial charge is 0.485 e. The van der Waals surface area contributed by atoms with Crippen molar-refractivity contribution in [1.29, 1.82) is 0 Å². The van der Waals surface area contributed by atoms with Crippen LogP contribution in [0, 0.1) is 10.1 Å². The number of aryl methyl sites for hydroxylation is 1. The molecule has 1 heterocycles. The van der Waals surface area contributed by atoms with Crippen LogP contribution in [-0.2, 0) is 11.3 Å². The van der Waals surface area contributed by atoms with Gasteiger partial charge in [0.05, 0.1) is 10.4 Å². The molecule has 0 aliphatic rings. The van der Waals surface area contributed by atoms with Crippen molar-refractivity contribution in [2.75, 3.05) is 6.61 Å². The highest BCUT2D eigenvalue weighted by atomic mass is 16.6. The Kier molecular flexibility index (Phi) is 10.5. The minimum absolute atomic E-state index is 0.111. The number of hydrogen-bond donors (Lipinski definition) is 0. The monoisotopic (exact) mass is 470 g/mol. The first-order valence-corrected chi connectivity index (χ1v) is 11.7. The van der Waals surface area contributed by atoms with Gasteiger partial charge in [-0.25, -0.2) is 0 Å². The topological polar surface area (TPSA) is 101 Å². The van der Waals surface area contributed by atoms with Gasteiger partial charge in [0.2, 0.25) is 5.75 Å². The second-order valence-electron chi connectivity index (χ2n) is 8.53. The molecule has 0 aliphatic heterocycles. The number of non-ortho nitro benzene ring substituents is 1. The molecule has 8 nitrogen and oxygen atoms in total. The Hall–Kier alpha value is -3.42. The summed E-state index contributed by atoms with van der Waals surface area (Å²) in [5.41, 5.74) is 2.10. The number of carbonyl (C=O) groups is 1. The Morgan fingerprint density at radius 2 is 1.88 bits per heavy atom. The van der Waals surface area contributed by atoms with E-state index < -0.39 is 10.5 Å². The zero-order chi connectivity index (χ0) is 25.1. The van der Waals surface area contributed by atoms with E-state index in [0.717, 1.165) is 44.1 Å². The van der Waals surface area contributed by atoms with Crippen LogP contribution in [0.1, 0.15) is 66.2 Å². The number of benzene rings is 1. The zero-order valence-corrected chi connectivity index (χ0v) is 20.5. The van der Waals surface area contributed by atoms with Gasteiger partial charge in [-0.1, -0.05) is 43.4 Å². The van der Waals surface area contributed by atoms with Crippen LogP contribution in [0.4, 0.5) is 5.69 Å². The molecule has 1 aromatic carbocycles. The Bertz CT molecular complexity index is 1130. The highest BCUT2D eigenvalue weighted by molar-refractivity contribution is 5.90. The molecule has 0 fully saturated rings. The van der Waals surface area contributed by atoms with Gasteiger partial charge < -0.3 is 14.0 Å². The molecule has 0 atom stereocenters. The van der Waals surface area contributed by atoms with E-state index in [1.807, 2.05) is 13.0 Å². The van der Waals surface area contributed by atoms with E-state index in [1.165, 1.54) is 28.3 Å². The SMILES string of the molecule is CCCCCCn1c(=O)c(OC=O)c(OC/C=C(\C)CCC=C(C)C)c2ccc([N+](=O)[O-])cc21. The molecule has 0 bridgehead atoms. The molecule has 0 aliphatic carbocycles. The number of pyridine rings is 1. The first-order valence-electron chi connectivity index (χ1n) is 11.7. The van der Waals surface area contributed by atoms with Crippen molar-refractivity contribution in [3.8, 4) is 11.5 Å². The third kappa shape index (κ3) is 7.30. The van der Waals surface area contributed by atoms with Gasteiger partial charge in [-0.3, -0.25) is 19.7 Å². The van der Waals surface area contributed by atoms with Crippen LogP contribution in [0.2, 0.25) is 0 Å². The summed E-state index contributed by atoms with van der Waals surface area (Å²) in [5, 5.41) is 11.9. The molecule has 0 spiro atoms. The Labute approximate surface area is 200 Å². The second kappa shape index (κ2) is 13.3. The van der Waals surface area contributed by atoms with E-state index in [-0.39, 0.29) is 30.3 Å². The van der Waals surface area contributed by atoms with Crippen molar-refractivity contribution in [3.05, 3.63) is 62.0 Å². The van der Waals surface area contributed by atoms with Gasteiger partial charge in [-0.15, -0.1) is 0 Å². The Morgan fingerprint density at radius 3 is 2.53 bits per heavy atom. The smallest absolute Gasteiger partial charge is 0.298 e. The fourth-order valence-corrected chi connectivity index (χ4v) is 3.67. The van der Waals surface area contributed by atoms with Crippen molar-refractivity contribution in [3.63, 3.8) is 0 Å². The number of nitro groups is 1. The fourth-order valence-electron chi connectivity index (χ4n) is 3.67. The molecular formula is C26H34N2O6. The number of nitrogens with zero attached hydrogens (tertiary/aromatic N) is 2. The number of nitro benzene ring substituents is 1. The van der Waals surface area contributed by atoms with Gasteiger partial charge in [0.1, 0.15) is 6.61 Å². The summed E-state index contributed by atoms with van der Waals surface area (Å²) in [6.45, 7) is 8.92. The van der Waals surface area contributed by atoms with E-state index in [9.17, 15) is 19.7 Å². The van der Waals surface area contributed by atoms with Crippen LogP contribution in [0.3, 0.4) is 0 Å². The normalized spacial score (nSPS) is 11.4. The zero-order valence-electron chi connectivity index (χ0n) is 20.5. The number of aromatic nitrogens is 1. The fraction of sp³-hybridized carbons (Fsp3) is 0.462. The molecule has 0 radical (unpaired) electrons. The molecule has 8 heteroatoms. The van der Waals surface area contributed by atoms with Gasteiger partial charge in [0, 0.05) is 24.1 Å². The van der Waals surface area contributed by atoms with Crippen LogP contribution in [0.5, 0.6) is 11.5 Å². The molecule has 184 valence electrons. The van der Waals surface area contributed by atoms with E-state index in [2.05, 4.69) is 26.8 Å². The average Bonchev–Trinajstić information content (AvgIpc) is 2.79. The van der Waals surface area contributed by atoms with E-state index in [1.54, 1.807) is 0 Å². The lowest BCUT2D eigenvalue weighted by Gasteiger charge is -2.17. The van der Waals surface area contributed by atoms with Gasteiger partial charge >= 0.3 is 0 Å². The number of allylic oxidation sites excluding steroid dienone is 3. The van der Waals surface area contributed by atoms with Crippen LogP contribution >= 0.6 is 0 Å². The lowest BCUT2D eigenvalue weighted by atomic mass is 10.1. The second-order valence-corrected chi connectivity index (χ2v) is 8.53. The number of hydrogen-bond acceptors (Lipinski definition) is 6. The third-order valence-electron chi connectivity index (χ3n) is 5.53. The van der Waals surface area contributed by atoms with Crippen LogP contribution in [-0.4, -0.2) is 22.6 Å². The first-order chi connectivity index (χ1) is 16.3. The van der Waals surface area contributed by atoms with Gasteiger partial charge in [0.25, 0.3) is 17.7 Å². The molecule has 2 rings (SSSR count). The predicted octanol–water partition coefficient (Wildman–Crippen LogP) is 6.10. The standard InChI is InChI=1S/C26H34N2O6/c1-5-6-7-8-15-27-23-17-21(28(31)32)12-13-22(23)24(25(26(27)30)34-18-29)33-16-14-20(4)11-9-10-19(2)3/h10,12-14,17-18H,5-9,11,15-16H2,1-4H3/b20-14+. The predicted molar refractivity (Wildman–Crippen MR) is 134 cm³/mol. The quantitative estimate of drug-likeness (QED) is 0.109. The first kappa shape index (κ1) is 26.8. The summed E-state index contributed by atoms with van der Waals surface area (Å²) in [5.74, 6) is -0.0948. The lowest BCUT2D eigenvalue weighted by Crippen LogP contribution is -2.24. The molecule has 0 saturated carbocycles. The summed E-state index contributed by atoms with van der Waals surface area (Å²) in [7, 11) is 0. The number of fused-ring (bicyclic) bond motifs is 1. The molecule has 0 N–H and O–H groups in total. The maximum atomic E-state index is 13.2.